The van der Waals surface area contributed by atoms with E-state index >= 15 is 0 Å². The Bertz CT molecular complexity index is 947. The summed E-state index contributed by atoms with van der Waals surface area (Å²) in [5, 5.41) is 5.60. The van der Waals surface area contributed by atoms with Crippen molar-refractivity contribution in [1.82, 2.24) is 30.1 Å². The summed E-state index contributed by atoms with van der Waals surface area (Å²) in [6, 6.07) is 3.19. The van der Waals surface area contributed by atoms with Crippen LogP contribution in [0.4, 0.5) is 4.79 Å². The van der Waals surface area contributed by atoms with E-state index in [1.54, 1.807) is 18.5 Å². The molecule has 0 bridgehead atoms. The molecule has 2 fully saturated rings. The number of urea groups is 1. The molecule has 29 heavy (non-hydrogen) atoms. The highest BCUT2D eigenvalue weighted by Gasteiger charge is 2.51. The molecule has 0 unspecified atom stereocenters. The summed E-state index contributed by atoms with van der Waals surface area (Å²) in [4.78, 5) is 47.0. The smallest absolute Gasteiger partial charge is 0.325 e. The van der Waals surface area contributed by atoms with Crippen molar-refractivity contribution >= 4 is 17.8 Å². The Labute approximate surface area is 168 Å². The second kappa shape index (κ2) is 7.65. The molecule has 1 saturated heterocycles. The summed E-state index contributed by atoms with van der Waals surface area (Å²) in [7, 11) is 0. The summed E-state index contributed by atoms with van der Waals surface area (Å²) < 4.78 is 1.85. The van der Waals surface area contributed by atoms with Gasteiger partial charge in [0.1, 0.15) is 23.7 Å². The standard InChI is InChI=1S/C20H24N6O3/c1-14-21-9-10-25(14)16-11-15(5-8-22-16)12-23-17(27)13-26-18(28)20(24-19(26)29)6-3-2-4-7-20/h5,8-11H,2-4,6-7,12-13H2,1H3,(H,23,27)(H,24,29). The molecule has 3 heterocycles. The Morgan fingerprint density at radius 3 is 2.72 bits per heavy atom. The van der Waals surface area contributed by atoms with Crippen LogP contribution in [0.25, 0.3) is 5.82 Å². The molecule has 9 heteroatoms. The summed E-state index contributed by atoms with van der Waals surface area (Å²) in [6.07, 6.45) is 9.35. The van der Waals surface area contributed by atoms with Crippen molar-refractivity contribution < 1.29 is 14.4 Å². The van der Waals surface area contributed by atoms with Gasteiger partial charge in [0, 0.05) is 25.1 Å². The maximum absolute atomic E-state index is 12.8. The van der Waals surface area contributed by atoms with Gasteiger partial charge in [-0.15, -0.1) is 0 Å². The fraction of sp³-hybridized carbons (Fsp3) is 0.450. The van der Waals surface area contributed by atoms with Crippen LogP contribution in [0.5, 0.6) is 0 Å². The predicted molar refractivity (Wildman–Crippen MR) is 104 cm³/mol. The van der Waals surface area contributed by atoms with Crippen LogP contribution in [0.1, 0.15) is 43.5 Å². The number of hydrogen-bond donors (Lipinski definition) is 2. The highest BCUT2D eigenvalue weighted by Crippen LogP contribution is 2.33. The molecule has 1 aliphatic heterocycles. The van der Waals surface area contributed by atoms with E-state index in [9.17, 15) is 14.4 Å². The molecule has 1 aliphatic carbocycles. The average molecular weight is 396 g/mol. The van der Waals surface area contributed by atoms with Crippen LogP contribution in [0.3, 0.4) is 0 Å². The first-order valence-corrected chi connectivity index (χ1v) is 9.85. The van der Waals surface area contributed by atoms with Gasteiger partial charge < -0.3 is 10.6 Å². The minimum absolute atomic E-state index is 0.273. The molecule has 2 N–H and O–H groups in total. The van der Waals surface area contributed by atoms with Crippen molar-refractivity contribution in [1.29, 1.82) is 0 Å². The van der Waals surface area contributed by atoms with Gasteiger partial charge in [0.05, 0.1) is 0 Å². The van der Waals surface area contributed by atoms with Crippen molar-refractivity contribution in [2.75, 3.05) is 6.54 Å². The Hall–Kier alpha value is -3.23. The van der Waals surface area contributed by atoms with Crippen LogP contribution in [-0.4, -0.2) is 49.4 Å². The number of aryl methyl sites for hydroxylation is 1. The fourth-order valence-corrected chi connectivity index (χ4v) is 4.04. The van der Waals surface area contributed by atoms with Crippen LogP contribution in [0, 0.1) is 6.92 Å². The lowest BCUT2D eigenvalue weighted by molar-refractivity contribution is -0.135. The quantitative estimate of drug-likeness (QED) is 0.744. The lowest BCUT2D eigenvalue weighted by Crippen LogP contribution is -2.49. The Morgan fingerprint density at radius 1 is 1.21 bits per heavy atom. The second-order valence-electron chi connectivity index (χ2n) is 7.61. The van der Waals surface area contributed by atoms with Crippen LogP contribution in [-0.2, 0) is 16.1 Å². The molecular formula is C20H24N6O3. The number of amides is 4. The number of carbonyl (C=O) groups is 3. The third-order valence-electron chi connectivity index (χ3n) is 5.63. The molecule has 2 aromatic heterocycles. The first-order chi connectivity index (χ1) is 14.0. The third kappa shape index (κ3) is 3.72. The number of rotatable bonds is 5. The zero-order chi connectivity index (χ0) is 20.4. The van der Waals surface area contributed by atoms with Gasteiger partial charge in [-0.05, 0) is 37.5 Å². The number of nitrogens with one attached hydrogen (secondary N) is 2. The number of imidazole rings is 1. The van der Waals surface area contributed by atoms with Crippen molar-refractivity contribution in [2.24, 2.45) is 0 Å². The largest absolute Gasteiger partial charge is 0.350 e. The number of aromatic nitrogens is 3. The zero-order valence-electron chi connectivity index (χ0n) is 16.4. The topological polar surface area (TPSA) is 109 Å². The van der Waals surface area contributed by atoms with Crippen molar-refractivity contribution in [3.63, 3.8) is 0 Å². The Kier molecular flexibility index (Phi) is 5.04. The normalized spacial score (nSPS) is 18.2. The maximum atomic E-state index is 12.8. The van der Waals surface area contributed by atoms with Gasteiger partial charge in [-0.2, -0.15) is 0 Å². The average Bonchev–Trinajstić information content (AvgIpc) is 3.24. The van der Waals surface area contributed by atoms with Crippen molar-refractivity contribution in [3.05, 3.63) is 42.1 Å². The van der Waals surface area contributed by atoms with Gasteiger partial charge in [-0.3, -0.25) is 19.1 Å². The lowest BCUT2D eigenvalue weighted by Gasteiger charge is -2.30. The first kappa shape index (κ1) is 19.1. The Balaban J connectivity index is 1.37. The third-order valence-corrected chi connectivity index (χ3v) is 5.63. The van der Waals surface area contributed by atoms with Gasteiger partial charge in [0.2, 0.25) is 5.91 Å². The van der Waals surface area contributed by atoms with Crippen LogP contribution < -0.4 is 10.6 Å². The number of hydrogen-bond acceptors (Lipinski definition) is 5. The monoisotopic (exact) mass is 396 g/mol. The Morgan fingerprint density at radius 2 is 2.00 bits per heavy atom. The SMILES string of the molecule is Cc1nccn1-c1cc(CNC(=O)CN2C(=O)NC3(CCCCC3)C2=O)ccn1. The van der Waals surface area contributed by atoms with E-state index in [0.717, 1.165) is 35.6 Å². The summed E-state index contributed by atoms with van der Waals surface area (Å²) >= 11 is 0. The molecule has 1 saturated carbocycles. The molecule has 0 radical (unpaired) electrons. The molecule has 2 aromatic rings. The van der Waals surface area contributed by atoms with E-state index < -0.39 is 11.6 Å². The van der Waals surface area contributed by atoms with E-state index in [4.69, 9.17) is 0 Å². The fourth-order valence-electron chi connectivity index (χ4n) is 4.04. The molecule has 4 amide bonds. The molecule has 1 spiro atoms. The van der Waals surface area contributed by atoms with Crippen LogP contribution in [0.2, 0.25) is 0 Å². The van der Waals surface area contributed by atoms with Gasteiger partial charge in [-0.25, -0.2) is 14.8 Å². The summed E-state index contributed by atoms with van der Waals surface area (Å²) in [5.74, 6) is 0.867. The maximum Gasteiger partial charge on any atom is 0.325 e. The van der Waals surface area contributed by atoms with Gasteiger partial charge >= 0.3 is 6.03 Å². The van der Waals surface area contributed by atoms with Crippen LogP contribution in [0.15, 0.2) is 30.7 Å². The minimum atomic E-state index is -0.807. The van der Waals surface area contributed by atoms with Gasteiger partial charge in [0.15, 0.2) is 0 Å². The van der Waals surface area contributed by atoms with Crippen LogP contribution >= 0.6 is 0 Å². The first-order valence-electron chi connectivity index (χ1n) is 9.85. The van der Waals surface area contributed by atoms with Gasteiger partial charge in [-0.1, -0.05) is 19.3 Å². The molecular weight excluding hydrogens is 372 g/mol. The number of carbonyl (C=O) groups excluding carboxylic acids is 3. The number of imide groups is 1. The summed E-state index contributed by atoms with van der Waals surface area (Å²) in [5.41, 5.74) is 0.0514. The lowest BCUT2D eigenvalue weighted by atomic mass is 9.82. The number of pyridine rings is 1. The summed E-state index contributed by atoms with van der Waals surface area (Å²) in [6.45, 7) is 1.88. The van der Waals surface area contributed by atoms with E-state index in [1.165, 1.54) is 0 Å². The molecule has 2 aliphatic rings. The van der Waals surface area contributed by atoms with E-state index in [-0.39, 0.29) is 24.9 Å². The van der Waals surface area contributed by atoms with E-state index in [0.29, 0.717) is 18.7 Å². The minimum Gasteiger partial charge on any atom is -0.350 e. The number of nitrogens with zero attached hydrogens (tertiary/aromatic N) is 4. The highest BCUT2D eigenvalue weighted by atomic mass is 16.2. The second-order valence-corrected chi connectivity index (χ2v) is 7.61. The highest BCUT2D eigenvalue weighted by molar-refractivity contribution is 6.09. The zero-order valence-corrected chi connectivity index (χ0v) is 16.4. The van der Waals surface area contributed by atoms with E-state index in [2.05, 4.69) is 20.6 Å². The predicted octanol–water partition coefficient (Wildman–Crippen LogP) is 1.45. The molecule has 0 atom stereocenters. The molecule has 9 nitrogen and oxygen atoms in total. The van der Waals surface area contributed by atoms with E-state index in [1.807, 2.05) is 23.8 Å². The van der Waals surface area contributed by atoms with Crippen molar-refractivity contribution in [3.8, 4) is 5.82 Å². The molecule has 152 valence electrons. The van der Waals surface area contributed by atoms with Crippen molar-refractivity contribution in [2.45, 2.75) is 51.1 Å². The molecule has 4 rings (SSSR count). The molecule has 0 aromatic carbocycles. The van der Waals surface area contributed by atoms with Gasteiger partial charge in [0.25, 0.3) is 5.91 Å².